The second kappa shape index (κ2) is 18.4. The maximum absolute atomic E-state index is 11.0. The molecule has 0 heterocycles. The smallest absolute Gasteiger partial charge is 0.305 e. The van der Waals surface area contributed by atoms with Gasteiger partial charge >= 0.3 is 5.97 Å². The molecule has 0 fully saturated rings. The van der Waals surface area contributed by atoms with Crippen molar-refractivity contribution in [2.24, 2.45) is 0 Å². The fraction of sp³-hybridized carbons (Fsp3) is 0.476. The van der Waals surface area contributed by atoms with Gasteiger partial charge in [0.1, 0.15) is 6.10 Å². The van der Waals surface area contributed by atoms with Crippen LogP contribution in [0.1, 0.15) is 51.9 Å². The highest BCUT2D eigenvalue weighted by Gasteiger charge is 2.01. The van der Waals surface area contributed by atoms with Crippen LogP contribution >= 0.6 is 0 Å². The van der Waals surface area contributed by atoms with Crippen molar-refractivity contribution in [1.82, 2.24) is 0 Å². The zero-order valence-electron chi connectivity index (χ0n) is 15.5. The Labute approximate surface area is 152 Å². The van der Waals surface area contributed by atoms with Crippen LogP contribution in [-0.4, -0.2) is 24.4 Å². The highest BCUT2D eigenvalue weighted by atomic mass is 17.1. The summed E-state index contributed by atoms with van der Waals surface area (Å²) in [4.78, 5) is 15.4. The molecule has 1 atom stereocenters. The van der Waals surface area contributed by atoms with Crippen LogP contribution in [0, 0.1) is 0 Å². The monoisotopic (exact) mass is 348 g/mol. The van der Waals surface area contributed by atoms with E-state index < -0.39 is 6.10 Å². The lowest BCUT2D eigenvalue weighted by Crippen LogP contribution is -2.05. The lowest BCUT2D eigenvalue weighted by atomic mass is 10.2. The summed E-state index contributed by atoms with van der Waals surface area (Å²) in [5.74, 6) is -0.245. The Bertz CT molecular complexity index is 459. The molecule has 0 aromatic heterocycles. The first kappa shape index (κ1) is 23.1. The van der Waals surface area contributed by atoms with E-state index in [1.807, 2.05) is 18.2 Å². The predicted molar refractivity (Wildman–Crippen MR) is 103 cm³/mol. The minimum atomic E-state index is -0.392. The molecule has 0 amide bonds. The number of carbonyl (C=O) groups excluding carboxylic acids is 1. The lowest BCUT2D eigenvalue weighted by molar-refractivity contribution is -0.264. The molecule has 0 radical (unpaired) electrons. The fourth-order valence-corrected chi connectivity index (χ4v) is 1.92. The van der Waals surface area contributed by atoms with Gasteiger partial charge < -0.3 is 4.74 Å². The molecular formula is C21H32O4. The lowest BCUT2D eigenvalue weighted by Gasteiger charge is -2.04. The van der Waals surface area contributed by atoms with Crippen LogP contribution < -0.4 is 0 Å². The summed E-state index contributed by atoms with van der Waals surface area (Å²) in [7, 11) is 1.37. The molecule has 1 unspecified atom stereocenters. The van der Waals surface area contributed by atoms with Crippen LogP contribution in [-0.2, 0) is 14.4 Å². The van der Waals surface area contributed by atoms with Crippen molar-refractivity contribution in [3.8, 4) is 0 Å². The van der Waals surface area contributed by atoms with Crippen LogP contribution in [0.25, 0.3) is 0 Å². The first-order chi connectivity index (χ1) is 12.2. The van der Waals surface area contributed by atoms with Crippen LogP contribution in [0.15, 0.2) is 60.8 Å². The number of hydrogen-bond donors (Lipinski definition) is 1. The van der Waals surface area contributed by atoms with Gasteiger partial charge in [-0.3, -0.25) is 10.1 Å². The zero-order chi connectivity index (χ0) is 18.6. The van der Waals surface area contributed by atoms with Crippen molar-refractivity contribution in [1.29, 1.82) is 0 Å². The second-order valence-corrected chi connectivity index (χ2v) is 5.42. The summed E-state index contributed by atoms with van der Waals surface area (Å²) in [6.45, 7) is 2.13. The Balaban J connectivity index is 3.82. The summed E-state index contributed by atoms with van der Waals surface area (Å²) in [5.41, 5.74) is 0. The van der Waals surface area contributed by atoms with Gasteiger partial charge in [-0.1, -0.05) is 67.7 Å². The van der Waals surface area contributed by atoms with Gasteiger partial charge in [0, 0.05) is 6.42 Å². The maximum atomic E-state index is 11.0. The van der Waals surface area contributed by atoms with E-state index >= 15 is 0 Å². The number of ether oxygens (including phenoxy) is 1. The summed E-state index contributed by atoms with van der Waals surface area (Å²) < 4.78 is 4.55. The van der Waals surface area contributed by atoms with Crippen molar-refractivity contribution >= 4 is 5.97 Å². The quantitative estimate of drug-likeness (QED) is 0.193. The van der Waals surface area contributed by atoms with E-state index in [1.54, 1.807) is 6.08 Å². The van der Waals surface area contributed by atoms with E-state index in [1.165, 1.54) is 7.11 Å². The summed E-state index contributed by atoms with van der Waals surface area (Å²) in [5, 5.41) is 8.85. The Kier molecular flexibility index (Phi) is 17.0. The molecule has 0 aromatic rings. The predicted octanol–water partition coefficient (Wildman–Crippen LogP) is 5.55. The Morgan fingerprint density at radius 2 is 1.48 bits per heavy atom. The van der Waals surface area contributed by atoms with Crippen molar-refractivity contribution in [2.75, 3.05) is 7.11 Å². The van der Waals surface area contributed by atoms with Crippen LogP contribution in [0.4, 0.5) is 0 Å². The second-order valence-electron chi connectivity index (χ2n) is 5.42. The number of methoxy groups -OCH3 is 1. The van der Waals surface area contributed by atoms with Gasteiger partial charge in [-0.05, 0) is 38.5 Å². The molecular weight excluding hydrogens is 316 g/mol. The molecule has 1 N–H and O–H groups in total. The Morgan fingerprint density at radius 3 is 2.00 bits per heavy atom. The minimum absolute atomic E-state index is 0.245. The topological polar surface area (TPSA) is 55.8 Å². The number of hydrogen-bond acceptors (Lipinski definition) is 4. The first-order valence-corrected chi connectivity index (χ1v) is 8.88. The number of allylic oxidation sites excluding steroid dienone is 8. The van der Waals surface area contributed by atoms with Crippen molar-refractivity contribution < 1.29 is 19.7 Å². The van der Waals surface area contributed by atoms with Crippen LogP contribution in [0.5, 0.6) is 0 Å². The largest absolute Gasteiger partial charge is 0.469 e. The molecule has 0 bridgehead atoms. The normalized spacial score (nSPS) is 13.9. The summed E-state index contributed by atoms with van der Waals surface area (Å²) >= 11 is 0. The number of esters is 1. The Morgan fingerprint density at radius 1 is 0.920 bits per heavy atom. The van der Waals surface area contributed by atoms with Gasteiger partial charge in [0.05, 0.1) is 7.11 Å². The van der Waals surface area contributed by atoms with Gasteiger partial charge in [0.15, 0.2) is 0 Å². The standard InChI is InChI=1S/C21H32O4/c1-3-4-5-6-7-8-9-10-11-12-13-14-17-20(25-23)18-15-16-19-21(22)24-2/h4-5,7-8,10-11,13-15,18,20,23H,3,6,9,12,16-17,19H2,1-2H3/b5-4+,8-7+,11-10+,14-13+,18-15+. The average Bonchev–Trinajstić information content (AvgIpc) is 2.63. The molecule has 140 valence electrons. The SMILES string of the molecule is CC/C=C/C/C=C/C/C=C/C/C=C/CC(/C=C/CCC(=O)OC)OO. The fourth-order valence-electron chi connectivity index (χ4n) is 1.92. The van der Waals surface area contributed by atoms with Crippen LogP contribution in [0.2, 0.25) is 0 Å². The molecule has 0 saturated carbocycles. The molecule has 4 nitrogen and oxygen atoms in total. The molecule has 0 spiro atoms. The van der Waals surface area contributed by atoms with Gasteiger partial charge in [0.2, 0.25) is 0 Å². The van der Waals surface area contributed by atoms with Crippen molar-refractivity contribution in [3.63, 3.8) is 0 Å². The van der Waals surface area contributed by atoms with Gasteiger partial charge in [-0.2, -0.15) is 0 Å². The van der Waals surface area contributed by atoms with Gasteiger partial charge in [-0.15, -0.1) is 0 Å². The third-order valence-corrected chi connectivity index (χ3v) is 3.32. The maximum Gasteiger partial charge on any atom is 0.305 e. The molecule has 0 rings (SSSR count). The molecule has 4 heteroatoms. The highest BCUT2D eigenvalue weighted by molar-refractivity contribution is 5.69. The van der Waals surface area contributed by atoms with E-state index in [-0.39, 0.29) is 5.97 Å². The van der Waals surface area contributed by atoms with Crippen molar-refractivity contribution in [2.45, 2.75) is 58.0 Å². The van der Waals surface area contributed by atoms with Gasteiger partial charge in [0.25, 0.3) is 0 Å². The summed E-state index contributed by atoms with van der Waals surface area (Å²) in [6.07, 6.45) is 25.5. The molecule has 25 heavy (non-hydrogen) atoms. The Hall–Kier alpha value is -1.91. The molecule has 0 aliphatic rings. The highest BCUT2D eigenvalue weighted by Crippen LogP contribution is 2.04. The third kappa shape index (κ3) is 16.7. The van der Waals surface area contributed by atoms with E-state index in [0.717, 1.165) is 25.7 Å². The number of carbonyl (C=O) groups is 1. The van der Waals surface area contributed by atoms with E-state index in [9.17, 15) is 4.79 Å². The van der Waals surface area contributed by atoms with E-state index in [0.29, 0.717) is 19.3 Å². The van der Waals surface area contributed by atoms with Crippen LogP contribution in [0.3, 0.4) is 0 Å². The molecule has 0 aliphatic heterocycles. The first-order valence-electron chi connectivity index (χ1n) is 8.88. The molecule has 0 aromatic carbocycles. The minimum Gasteiger partial charge on any atom is -0.469 e. The number of rotatable bonds is 14. The van der Waals surface area contributed by atoms with E-state index in [2.05, 4.69) is 53.0 Å². The van der Waals surface area contributed by atoms with E-state index in [4.69, 9.17) is 5.26 Å². The molecule has 0 aliphatic carbocycles. The van der Waals surface area contributed by atoms with Gasteiger partial charge in [-0.25, -0.2) is 4.89 Å². The average molecular weight is 348 g/mol. The molecule has 0 saturated heterocycles. The summed E-state index contributed by atoms with van der Waals surface area (Å²) in [6, 6.07) is 0. The zero-order valence-corrected chi connectivity index (χ0v) is 15.5. The third-order valence-electron chi connectivity index (χ3n) is 3.32. The van der Waals surface area contributed by atoms with Crippen molar-refractivity contribution in [3.05, 3.63) is 60.8 Å².